The number of carbonyl (C=O) groups is 4. The van der Waals surface area contributed by atoms with Crippen molar-refractivity contribution in [3.05, 3.63) is 0 Å². The summed E-state index contributed by atoms with van der Waals surface area (Å²) in [6.45, 7) is 3.40. The largest absolute Gasteiger partial charge is 0.382 e. The maximum atomic E-state index is 12.4. The smallest absolute Gasteiger partial charge is 0.199 e. The summed E-state index contributed by atoms with van der Waals surface area (Å²) in [7, 11) is 0. The molecule has 6 atom stereocenters. The van der Waals surface area contributed by atoms with Gasteiger partial charge in [0.25, 0.3) is 0 Å². The van der Waals surface area contributed by atoms with E-state index in [0.29, 0.717) is 4.43 Å². The van der Waals surface area contributed by atoms with Crippen molar-refractivity contribution in [2.75, 3.05) is 4.43 Å². The van der Waals surface area contributed by atoms with Crippen LogP contribution >= 0.6 is 22.6 Å². The van der Waals surface area contributed by atoms with E-state index in [0.717, 1.165) is 27.7 Å². The number of aliphatic hydroxyl groups excluding tert-OH is 1. The lowest BCUT2D eigenvalue weighted by Gasteiger charge is -2.58. The first-order chi connectivity index (χ1) is 11.7. The minimum atomic E-state index is -3.33. The third-order valence-electron chi connectivity index (χ3n) is 4.95. The first kappa shape index (κ1) is 23.2. The summed E-state index contributed by atoms with van der Waals surface area (Å²) < 4.78 is 5.72. The predicted molar refractivity (Wildman–Crippen MR) is 95.7 cm³/mol. The van der Waals surface area contributed by atoms with Gasteiger partial charge in [0.15, 0.2) is 39.9 Å². The number of ketones is 4. The summed E-state index contributed by atoms with van der Waals surface area (Å²) in [6, 6.07) is 0. The molecule has 0 bridgehead atoms. The van der Waals surface area contributed by atoms with Crippen LogP contribution < -0.4 is 0 Å². The fraction of sp³-hybridized carbons (Fsp3) is 0.750. The third-order valence-corrected chi connectivity index (χ3v) is 5.57. The van der Waals surface area contributed by atoms with E-state index < -0.39 is 58.2 Å². The molecular formula is C16H23IO9. The van der Waals surface area contributed by atoms with Crippen molar-refractivity contribution in [1.82, 2.24) is 0 Å². The van der Waals surface area contributed by atoms with Crippen LogP contribution in [0.15, 0.2) is 0 Å². The second kappa shape index (κ2) is 7.68. The molecule has 0 aromatic carbocycles. The molecule has 10 heteroatoms. The van der Waals surface area contributed by atoms with Crippen LogP contribution in [0.3, 0.4) is 0 Å². The van der Waals surface area contributed by atoms with Crippen LogP contribution in [0.1, 0.15) is 34.1 Å². The van der Waals surface area contributed by atoms with Crippen molar-refractivity contribution in [3.63, 3.8) is 0 Å². The normalized spacial score (nSPS) is 38.5. The van der Waals surface area contributed by atoms with Crippen LogP contribution in [0.25, 0.3) is 0 Å². The molecule has 0 aromatic rings. The van der Waals surface area contributed by atoms with E-state index in [-0.39, 0.29) is 6.42 Å². The molecule has 0 amide bonds. The molecule has 1 fully saturated rings. The summed E-state index contributed by atoms with van der Waals surface area (Å²) in [5, 5.41) is 43.3. The van der Waals surface area contributed by atoms with Gasteiger partial charge in [-0.3, -0.25) is 19.2 Å². The lowest BCUT2D eigenvalue weighted by Crippen LogP contribution is -2.87. The number of hydrogen-bond donors (Lipinski definition) is 4. The van der Waals surface area contributed by atoms with Crippen molar-refractivity contribution in [1.29, 1.82) is 0 Å². The molecule has 148 valence electrons. The molecule has 0 aromatic heterocycles. The fourth-order valence-corrected chi connectivity index (χ4v) is 4.03. The zero-order valence-electron chi connectivity index (χ0n) is 14.9. The minimum absolute atomic E-state index is 0.0681. The molecule has 1 aliphatic heterocycles. The van der Waals surface area contributed by atoms with Crippen molar-refractivity contribution in [2.45, 2.75) is 69.2 Å². The standard InChI is InChI=1S/C16H23IO9/c1-7(18)12(22)13-15(24,9(3)20)16(25,10(4)21)14(23,8(2)19)11(26-13)5-6-17/h11-13,22-25H,5-6H2,1-4H3/t11-,12?,13+,14-,15+,16+/m0/s1. The lowest BCUT2D eigenvalue weighted by atomic mass is 9.58. The summed E-state index contributed by atoms with van der Waals surface area (Å²) in [5.74, 6) is -4.55. The van der Waals surface area contributed by atoms with Crippen LogP contribution in [0, 0.1) is 0 Å². The molecule has 26 heavy (non-hydrogen) atoms. The Kier molecular flexibility index (Phi) is 6.87. The van der Waals surface area contributed by atoms with Crippen LogP contribution in [-0.2, 0) is 23.9 Å². The number of aliphatic hydroxyl groups is 4. The summed E-state index contributed by atoms with van der Waals surface area (Å²) >= 11 is 1.89. The molecule has 0 aliphatic carbocycles. The molecule has 0 saturated carbocycles. The second-order valence-electron chi connectivity index (χ2n) is 6.49. The summed E-state index contributed by atoms with van der Waals surface area (Å²) in [4.78, 5) is 48.5. The van der Waals surface area contributed by atoms with Crippen molar-refractivity contribution < 1.29 is 44.3 Å². The fourth-order valence-electron chi connectivity index (χ4n) is 3.47. The Morgan fingerprint density at radius 1 is 0.962 bits per heavy atom. The number of alkyl halides is 1. The lowest BCUT2D eigenvalue weighted by molar-refractivity contribution is -0.327. The number of ether oxygens (including phenoxy) is 1. The summed E-state index contributed by atoms with van der Waals surface area (Å²) in [5.41, 5.74) is -9.52. The first-order valence-corrected chi connectivity index (χ1v) is 9.37. The monoisotopic (exact) mass is 486 g/mol. The van der Waals surface area contributed by atoms with Gasteiger partial charge in [-0.1, -0.05) is 22.6 Å². The maximum absolute atomic E-state index is 12.4. The molecule has 0 radical (unpaired) electrons. The van der Waals surface area contributed by atoms with Crippen molar-refractivity contribution in [3.8, 4) is 0 Å². The van der Waals surface area contributed by atoms with Crippen molar-refractivity contribution in [2.24, 2.45) is 0 Å². The Hall–Kier alpha value is -0.790. The van der Waals surface area contributed by atoms with Gasteiger partial charge in [0.2, 0.25) is 0 Å². The number of carbonyl (C=O) groups excluding carboxylic acids is 4. The van der Waals surface area contributed by atoms with E-state index in [1.165, 1.54) is 0 Å². The average molecular weight is 486 g/mol. The second-order valence-corrected chi connectivity index (χ2v) is 7.57. The highest BCUT2D eigenvalue weighted by molar-refractivity contribution is 14.1. The number of Topliss-reactive ketones (excluding diaryl/α,β-unsaturated/α-hetero) is 4. The molecule has 9 nitrogen and oxygen atoms in total. The van der Waals surface area contributed by atoms with Crippen LogP contribution in [0.4, 0.5) is 0 Å². The average Bonchev–Trinajstić information content (AvgIpc) is 2.53. The number of rotatable bonds is 7. The van der Waals surface area contributed by atoms with Gasteiger partial charge in [0.05, 0.1) is 6.10 Å². The summed E-state index contributed by atoms with van der Waals surface area (Å²) in [6.07, 6.45) is -5.76. The zero-order chi connectivity index (χ0) is 20.7. The molecule has 1 aliphatic rings. The number of hydrogen-bond acceptors (Lipinski definition) is 9. The van der Waals surface area contributed by atoms with E-state index in [1.807, 2.05) is 22.6 Å². The molecular weight excluding hydrogens is 463 g/mol. The van der Waals surface area contributed by atoms with Gasteiger partial charge < -0.3 is 25.2 Å². The van der Waals surface area contributed by atoms with Gasteiger partial charge in [-0.2, -0.15) is 0 Å². The number of halogens is 1. The minimum Gasteiger partial charge on any atom is -0.382 e. The Balaban J connectivity index is 3.91. The van der Waals surface area contributed by atoms with Gasteiger partial charge in [-0.05, 0) is 34.1 Å². The topological polar surface area (TPSA) is 158 Å². The first-order valence-electron chi connectivity index (χ1n) is 7.84. The van der Waals surface area contributed by atoms with Gasteiger partial charge in [0.1, 0.15) is 12.2 Å². The van der Waals surface area contributed by atoms with Crippen molar-refractivity contribution >= 4 is 45.7 Å². The SMILES string of the molecule is CC(=O)C(O)[C@H]1O[C@@H](CCI)[C@@](O)(C(C)=O)[C@](O)(C(C)=O)[C@@]1(O)C(C)=O. The molecule has 1 heterocycles. The Morgan fingerprint density at radius 2 is 1.42 bits per heavy atom. The van der Waals surface area contributed by atoms with E-state index >= 15 is 0 Å². The highest BCUT2D eigenvalue weighted by atomic mass is 127. The van der Waals surface area contributed by atoms with Gasteiger partial charge in [0, 0.05) is 4.43 Å². The van der Waals surface area contributed by atoms with Gasteiger partial charge in [-0.25, -0.2) is 0 Å². The molecule has 0 spiro atoms. The quantitative estimate of drug-likeness (QED) is 0.248. The molecule has 1 rings (SSSR count). The Labute approximate surface area is 163 Å². The predicted octanol–water partition coefficient (Wildman–Crippen LogP) is -1.51. The third kappa shape index (κ3) is 2.96. The van der Waals surface area contributed by atoms with Crippen LogP contribution in [0.2, 0.25) is 0 Å². The van der Waals surface area contributed by atoms with E-state index in [4.69, 9.17) is 4.74 Å². The van der Waals surface area contributed by atoms with E-state index in [1.54, 1.807) is 0 Å². The van der Waals surface area contributed by atoms with Crippen LogP contribution in [-0.4, -0.2) is 83.1 Å². The van der Waals surface area contributed by atoms with Crippen LogP contribution in [0.5, 0.6) is 0 Å². The van der Waals surface area contributed by atoms with E-state index in [2.05, 4.69) is 0 Å². The highest BCUT2D eigenvalue weighted by Crippen LogP contribution is 2.48. The maximum Gasteiger partial charge on any atom is 0.199 e. The van der Waals surface area contributed by atoms with Gasteiger partial charge in [-0.15, -0.1) is 0 Å². The zero-order valence-corrected chi connectivity index (χ0v) is 17.0. The molecule has 4 N–H and O–H groups in total. The Bertz CT molecular complexity index is 635. The molecule has 1 saturated heterocycles. The van der Waals surface area contributed by atoms with Gasteiger partial charge >= 0.3 is 0 Å². The molecule has 1 unspecified atom stereocenters. The highest BCUT2D eigenvalue weighted by Gasteiger charge is 2.78. The van der Waals surface area contributed by atoms with E-state index in [9.17, 15) is 39.6 Å². The Morgan fingerprint density at radius 3 is 1.73 bits per heavy atom.